The number of aromatic nitrogens is 2. The fourth-order valence-electron chi connectivity index (χ4n) is 3.23. The predicted octanol–water partition coefficient (Wildman–Crippen LogP) is 3.99. The molecule has 0 bridgehead atoms. The van der Waals surface area contributed by atoms with Crippen LogP contribution >= 0.6 is 0 Å². The number of rotatable bonds is 1. The van der Waals surface area contributed by atoms with Crippen molar-refractivity contribution >= 4 is 16.6 Å². The van der Waals surface area contributed by atoms with Crippen LogP contribution in [0, 0.1) is 0 Å². The zero-order valence-corrected chi connectivity index (χ0v) is 12.3. The van der Waals surface area contributed by atoms with Crippen molar-refractivity contribution in [1.29, 1.82) is 0 Å². The van der Waals surface area contributed by atoms with Crippen molar-refractivity contribution < 1.29 is 0 Å². The summed E-state index contributed by atoms with van der Waals surface area (Å²) < 4.78 is 1.99. The number of benzene rings is 2. The van der Waals surface area contributed by atoms with Gasteiger partial charge < -0.3 is 5.32 Å². The Labute approximate surface area is 124 Å². The van der Waals surface area contributed by atoms with Gasteiger partial charge in [0.25, 0.3) is 0 Å². The maximum Gasteiger partial charge on any atom is 0.127 e. The largest absolute Gasteiger partial charge is 0.370 e. The Balaban J connectivity index is 1.88. The summed E-state index contributed by atoms with van der Waals surface area (Å²) in [4.78, 5) is 0. The fourth-order valence-corrected chi connectivity index (χ4v) is 3.23. The van der Waals surface area contributed by atoms with Crippen LogP contribution in [0.2, 0.25) is 0 Å². The van der Waals surface area contributed by atoms with Crippen molar-refractivity contribution in [3.05, 3.63) is 48.0 Å². The average Bonchev–Trinajstić information content (AvgIpc) is 2.70. The van der Waals surface area contributed by atoms with Crippen LogP contribution in [0.5, 0.6) is 0 Å². The van der Waals surface area contributed by atoms with Crippen LogP contribution in [0.3, 0.4) is 0 Å². The van der Waals surface area contributed by atoms with Gasteiger partial charge in [0, 0.05) is 24.7 Å². The summed E-state index contributed by atoms with van der Waals surface area (Å²) >= 11 is 0. The van der Waals surface area contributed by atoms with Crippen LogP contribution in [0.1, 0.15) is 18.4 Å². The molecule has 1 aromatic heterocycles. The number of nitrogens with zero attached hydrogens (tertiary/aromatic N) is 2. The molecule has 3 aromatic rings. The first-order chi connectivity index (χ1) is 10.3. The number of fused-ring (bicyclic) bond motifs is 2. The average molecular weight is 277 g/mol. The molecule has 0 atom stereocenters. The molecule has 2 heterocycles. The summed E-state index contributed by atoms with van der Waals surface area (Å²) in [5.41, 5.74) is 3.71. The zero-order chi connectivity index (χ0) is 14.2. The Morgan fingerprint density at radius 1 is 1.05 bits per heavy atom. The van der Waals surface area contributed by atoms with E-state index in [9.17, 15) is 0 Å². The fraction of sp³-hybridized carbons (Fsp3) is 0.278. The van der Waals surface area contributed by atoms with Crippen molar-refractivity contribution in [3.8, 4) is 11.3 Å². The second kappa shape index (κ2) is 4.92. The molecule has 0 spiro atoms. The van der Waals surface area contributed by atoms with Crippen LogP contribution in [-0.4, -0.2) is 16.3 Å². The summed E-state index contributed by atoms with van der Waals surface area (Å²) in [6.45, 7) is 1.05. The second-order valence-electron chi connectivity index (χ2n) is 5.75. The Bertz CT molecular complexity index is 801. The first-order valence-electron chi connectivity index (χ1n) is 7.62. The number of anilines is 1. The van der Waals surface area contributed by atoms with E-state index in [1.807, 2.05) is 11.7 Å². The monoisotopic (exact) mass is 277 g/mol. The van der Waals surface area contributed by atoms with Gasteiger partial charge >= 0.3 is 0 Å². The maximum atomic E-state index is 4.77. The molecule has 3 heteroatoms. The molecular weight excluding hydrogens is 258 g/mol. The summed E-state index contributed by atoms with van der Waals surface area (Å²) in [5, 5.41) is 10.8. The van der Waals surface area contributed by atoms with Gasteiger partial charge in [0.1, 0.15) is 5.82 Å². The van der Waals surface area contributed by atoms with E-state index < -0.39 is 0 Å². The summed E-state index contributed by atoms with van der Waals surface area (Å²) in [6.07, 6.45) is 3.57. The van der Waals surface area contributed by atoms with Crippen LogP contribution in [0.25, 0.3) is 22.0 Å². The quantitative estimate of drug-likeness (QED) is 0.729. The van der Waals surface area contributed by atoms with Gasteiger partial charge in [0.15, 0.2) is 0 Å². The van der Waals surface area contributed by atoms with Gasteiger partial charge in [-0.15, -0.1) is 0 Å². The number of nitrogens with one attached hydrogen (secondary N) is 1. The lowest BCUT2D eigenvalue weighted by Crippen LogP contribution is -2.04. The Morgan fingerprint density at radius 3 is 2.81 bits per heavy atom. The van der Waals surface area contributed by atoms with Crippen LogP contribution in [0.15, 0.2) is 42.5 Å². The molecule has 0 unspecified atom stereocenters. The van der Waals surface area contributed by atoms with E-state index in [1.165, 1.54) is 40.6 Å². The lowest BCUT2D eigenvalue weighted by molar-refractivity contribution is 0.757. The van der Waals surface area contributed by atoms with Gasteiger partial charge in [-0.1, -0.05) is 36.4 Å². The lowest BCUT2D eigenvalue weighted by Gasteiger charge is -2.05. The Hall–Kier alpha value is -2.29. The van der Waals surface area contributed by atoms with E-state index >= 15 is 0 Å². The number of aryl methyl sites for hydroxylation is 1. The molecule has 1 aliphatic rings. The minimum Gasteiger partial charge on any atom is -0.370 e. The van der Waals surface area contributed by atoms with Crippen molar-refractivity contribution in [2.75, 3.05) is 11.9 Å². The number of hydrogen-bond donors (Lipinski definition) is 1. The molecule has 0 saturated heterocycles. The molecule has 1 N–H and O–H groups in total. The standard InChI is InChI=1S/C18H19N3/c1-21-18-16(8-4-5-11-19-18)17(20-21)15-10-9-13-6-2-3-7-14(13)12-15/h2-3,6-7,9-10,12,19H,4-5,8,11H2,1H3. The SMILES string of the molecule is Cn1nc(-c2ccc3ccccc3c2)c2c1NCCCC2. The molecule has 3 nitrogen and oxygen atoms in total. The summed E-state index contributed by atoms with van der Waals surface area (Å²) in [6, 6.07) is 15.1. The van der Waals surface area contributed by atoms with Crippen molar-refractivity contribution in [3.63, 3.8) is 0 Å². The highest BCUT2D eigenvalue weighted by Crippen LogP contribution is 2.32. The second-order valence-corrected chi connectivity index (χ2v) is 5.75. The predicted molar refractivity (Wildman–Crippen MR) is 87.6 cm³/mol. The summed E-state index contributed by atoms with van der Waals surface area (Å²) in [7, 11) is 2.03. The van der Waals surface area contributed by atoms with E-state index in [0.29, 0.717) is 0 Å². The molecule has 0 amide bonds. The highest BCUT2D eigenvalue weighted by Gasteiger charge is 2.19. The molecule has 4 rings (SSSR count). The highest BCUT2D eigenvalue weighted by molar-refractivity contribution is 5.87. The normalized spacial score (nSPS) is 14.5. The molecule has 0 radical (unpaired) electrons. The molecular formula is C18H19N3. The lowest BCUT2D eigenvalue weighted by atomic mass is 10.0. The van der Waals surface area contributed by atoms with Gasteiger partial charge in [-0.3, -0.25) is 4.68 Å². The van der Waals surface area contributed by atoms with Gasteiger partial charge in [-0.05, 0) is 36.1 Å². The van der Waals surface area contributed by atoms with Crippen molar-refractivity contribution in [2.24, 2.45) is 7.05 Å². The van der Waals surface area contributed by atoms with Crippen LogP contribution < -0.4 is 5.32 Å². The third-order valence-corrected chi connectivity index (χ3v) is 4.31. The van der Waals surface area contributed by atoms with E-state index in [-0.39, 0.29) is 0 Å². The smallest absolute Gasteiger partial charge is 0.127 e. The van der Waals surface area contributed by atoms with Gasteiger partial charge in [-0.2, -0.15) is 5.10 Å². The van der Waals surface area contributed by atoms with Crippen molar-refractivity contribution in [1.82, 2.24) is 9.78 Å². The van der Waals surface area contributed by atoms with Crippen LogP contribution in [0.4, 0.5) is 5.82 Å². The summed E-state index contributed by atoms with van der Waals surface area (Å²) in [5.74, 6) is 1.19. The molecule has 2 aromatic carbocycles. The highest BCUT2D eigenvalue weighted by atomic mass is 15.3. The maximum absolute atomic E-state index is 4.77. The van der Waals surface area contributed by atoms with Gasteiger partial charge in [0.2, 0.25) is 0 Å². The molecule has 21 heavy (non-hydrogen) atoms. The zero-order valence-electron chi connectivity index (χ0n) is 12.3. The van der Waals surface area contributed by atoms with Gasteiger partial charge in [0.05, 0.1) is 5.69 Å². The van der Waals surface area contributed by atoms with Gasteiger partial charge in [-0.25, -0.2) is 0 Å². The van der Waals surface area contributed by atoms with Crippen molar-refractivity contribution in [2.45, 2.75) is 19.3 Å². The molecule has 1 aliphatic heterocycles. The topological polar surface area (TPSA) is 29.9 Å². The Kier molecular flexibility index (Phi) is 2.92. The molecule has 0 aliphatic carbocycles. The molecule has 106 valence electrons. The first-order valence-corrected chi connectivity index (χ1v) is 7.62. The minimum absolute atomic E-state index is 1.05. The van der Waals surface area contributed by atoms with E-state index in [0.717, 1.165) is 18.7 Å². The molecule has 0 saturated carbocycles. The van der Waals surface area contributed by atoms with E-state index in [4.69, 9.17) is 5.10 Å². The number of hydrogen-bond acceptors (Lipinski definition) is 2. The minimum atomic E-state index is 1.05. The first kappa shape index (κ1) is 12.5. The Morgan fingerprint density at radius 2 is 1.90 bits per heavy atom. The van der Waals surface area contributed by atoms with Crippen LogP contribution in [-0.2, 0) is 13.5 Å². The van der Waals surface area contributed by atoms with E-state index in [2.05, 4.69) is 47.8 Å². The molecule has 0 fully saturated rings. The third-order valence-electron chi connectivity index (χ3n) is 4.31. The third kappa shape index (κ3) is 2.09. The van der Waals surface area contributed by atoms with E-state index in [1.54, 1.807) is 0 Å².